The topological polar surface area (TPSA) is 0 Å². The van der Waals surface area contributed by atoms with Gasteiger partial charge in [-0.2, -0.15) is 0 Å². The molecule has 6 rings (SSSR count). The molecule has 0 saturated heterocycles. The minimum Gasteiger partial charge on any atom is -0.0683 e. The molecule has 154 valence electrons. The molecule has 0 heterocycles. The van der Waals surface area contributed by atoms with E-state index in [9.17, 15) is 0 Å². The summed E-state index contributed by atoms with van der Waals surface area (Å²) in [6, 6.07) is 5.13. The second-order valence-corrected chi connectivity index (χ2v) is 10.4. The zero-order valence-electron chi connectivity index (χ0n) is 18.8. The smallest absolute Gasteiger partial charge is 0.00604 e. The molecule has 0 fully saturated rings. The third-order valence-corrected chi connectivity index (χ3v) is 8.13. The molecule has 0 amide bonds. The van der Waals surface area contributed by atoms with Gasteiger partial charge in [-0.1, -0.05) is 35.4 Å². The Hall–Kier alpha value is -2.08. The van der Waals surface area contributed by atoms with Crippen molar-refractivity contribution in [1.82, 2.24) is 0 Å². The van der Waals surface area contributed by atoms with Gasteiger partial charge in [0.05, 0.1) is 0 Å². The molecule has 2 aromatic rings. The Kier molecular flexibility index (Phi) is 4.52. The standard InChI is InChI=1S/C30H34/c1-19-13-23-17-21-7-3-5-9-25(21)27(29(23)15-19)11-12-28-26-10-6-4-8-22(26)18-24-14-20(2)16-30(24)28/h15-18H,3-14H2,1-2H3. The van der Waals surface area contributed by atoms with Crippen LogP contribution in [0.5, 0.6) is 0 Å². The van der Waals surface area contributed by atoms with E-state index >= 15 is 0 Å². The molecule has 0 aromatic heterocycles. The van der Waals surface area contributed by atoms with Gasteiger partial charge in [0.1, 0.15) is 0 Å². The summed E-state index contributed by atoms with van der Waals surface area (Å²) < 4.78 is 0. The van der Waals surface area contributed by atoms with Crippen molar-refractivity contribution < 1.29 is 0 Å². The number of benzene rings is 2. The Morgan fingerprint density at radius 3 is 1.47 bits per heavy atom. The highest BCUT2D eigenvalue weighted by Gasteiger charge is 2.25. The van der Waals surface area contributed by atoms with Gasteiger partial charge in [0.2, 0.25) is 0 Å². The monoisotopic (exact) mass is 394 g/mol. The highest BCUT2D eigenvalue weighted by atomic mass is 14.3. The molecule has 2 aromatic carbocycles. The molecule has 0 aliphatic heterocycles. The van der Waals surface area contributed by atoms with Crippen LogP contribution in [-0.2, 0) is 51.4 Å². The van der Waals surface area contributed by atoms with E-state index < -0.39 is 0 Å². The normalized spacial score (nSPS) is 19.0. The van der Waals surface area contributed by atoms with Crippen molar-refractivity contribution in [2.75, 3.05) is 0 Å². The number of aryl methyl sites for hydroxylation is 2. The maximum Gasteiger partial charge on any atom is -0.00604 e. The van der Waals surface area contributed by atoms with Crippen molar-refractivity contribution in [2.24, 2.45) is 0 Å². The highest BCUT2D eigenvalue weighted by Crippen LogP contribution is 2.39. The predicted octanol–water partition coefficient (Wildman–Crippen LogP) is 7.15. The van der Waals surface area contributed by atoms with E-state index in [1.807, 2.05) is 0 Å². The molecule has 4 aliphatic carbocycles. The predicted molar refractivity (Wildman–Crippen MR) is 128 cm³/mol. The second-order valence-electron chi connectivity index (χ2n) is 10.4. The maximum atomic E-state index is 2.56. The minimum atomic E-state index is 1.17. The Bertz CT molecular complexity index is 1020. The van der Waals surface area contributed by atoms with Crippen molar-refractivity contribution in [2.45, 2.75) is 90.9 Å². The van der Waals surface area contributed by atoms with E-state index in [0.29, 0.717) is 0 Å². The summed E-state index contributed by atoms with van der Waals surface area (Å²) in [6.07, 6.45) is 20.5. The molecule has 0 heteroatoms. The molecule has 0 atom stereocenters. The summed E-state index contributed by atoms with van der Waals surface area (Å²) in [5, 5.41) is 0. The van der Waals surface area contributed by atoms with Gasteiger partial charge >= 0.3 is 0 Å². The highest BCUT2D eigenvalue weighted by molar-refractivity contribution is 5.71. The first-order chi connectivity index (χ1) is 14.7. The van der Waals surface area contributed by atoms with Crippen molar-refractivity contribution in [3.63, 3.8) is 0 Å². The van der Waals surface area contributed by atoms with Gasteiger partial charge < -0.3 is 0 Å². The van der Waals surface area contributed by atoms with Crippen molar-refractivity contribution in [3.05, 3.63) is 78.9 Å². The molecule has 0 spiro atoms. The van der Waals surface area contributed by atoms with Crippen molar-refractivity contribution in [3.8, 4) is 0 Å². The van der Waals surface area contributed by atoms with Crippen LogP contribution in [0.1, 0.15) is 95.2 Å². The molecule has 0 radical (unpaired) electrons. The van der Waals surface area contributed by atoms with Crippen LogP contribution in [-0.4, -0.2) is 0 Å². The first kappa shape index (κ1) is 18.7. The average Bonchev–Trinajstić information content (AvgIpc) is 3.30. The van der Waals surface area contributed by atoms with Crippen LogP contribution in [0.25, 0.3) is 12.2 Å². The fourth-order valence-corrected chi connectivity index (χ4v) is 6.82. The van der Waals surface area contributed by atoms with Crippen LogP contribution in [0.4, 0.5) is 0 Å². The van der Waals surface area contributed by atoms with E-state index in [0.717, 1.165) is 0 Å². The van der Waals surface area contributed by atoms with Crippen LogP contribution >= 0.6 is 0 Å². The summed E-state index contributed by atoms with van der Waals surface area (Å²) in [5.74, 6) is 0. The Balaban J connectivity index is 1.43. The third-order valence-electron chi connectivity index (χ3n) is 8.13. The largest absolute Gasteiger partial charge is 0.0683 e. The Morgan fingerprint density at radius 2 is 1.00 bits per heavy atom. The summed E-state index contributed by atoms with van der Waals surface area (Å²) in [6.45, 7) is 4.63. The summed E-state index contributed by atoms with van der Waals surface area (Å²) in [4.78, 5) is 0. The fourth-order valence-electron chi connectivity index (χ4n) is 6.82. The average molecular weight is 395 g/mol. The quantitative estimate of drug-likeness (QED) is 0.518. The minimum absolute atomic E-state index is 1.17. The van der Waals surface area contributed by atoms with E-state index in [4.69, 9.17) is 0 Å². The van der Waals surface area contributed by atoms with Crippen LogP contribution < -0.4 is 0 Å². The molecule has 0 nitrogen and oxygen atoms in total. The van der Waals surface area contributed by atoms with Crippen LogP contribution in [0.2, 0.25) is 0 Å². The zero-order valence-corrected chi connectivity index (χ0v) is 18.8. The van der Waals surface area contributed by atoms with Crippen LogP contribution in [0.3, 0.4) is 0 Å². The molecule has 4 aliphatic rings. The van der Waals surface area contributed by atoms with E-state index in [1.54, 1.807) is 66.8 Å². The van der Waals surface area contributed by atoms with Gasteiger partial charge in [-0.3, -0.25) is 0 Å². The summed E-state index contributed by atoms with van der Waals surface area (Å²) in [7, 11) is 0. The molecule has 0 bridgehead atoms. The van der Waals surface area contributed by atoms with Crippen molar-refractivity contribution in [1.29, 1.82) is 0 Å². The number of fused-ring (bicyclic) bond motifs is 4. The lowest BCUT2D eigenvalue weighted by atomic mass is 9.79. The Morgan fingerprint density at radius 1 is 0.567 bits per heavy atom. The number of rotatable bonds is 3. The van der Waals surface area contributed by atoms with E-state index in [1.165, 1.54) is 77.0 Å². The van der Waals surface area contributed by atoms with Gasteiger partial charge in [-0.05, 0) is 147 Å². The first-order valence-electron chi connectivity index (χ1n) is 12.3. The lowest BCUT2D eigenvalue weighted by molar-refractivity contribution is 0.668. The lowest BCUT2D eigenvalue weighted by Gasteiger charge is -2.25. The van der Waals surface area contributed by atoms with Gasteiger partial charge in [0, 0.05) is 0 Å². The van der Waals surface area contributed by atoms with E-state index in [-0.39, 0.29) is 0 Å². The molecular formula is C30H34. The zero-order chi connectivity index (χ0) is 20.2. The number of allylic oxidation sites excluding steroid dienone is 2. The SMILES string of the molecule is CC1=Cc2c(cc3c(c2CCc2c4c(cc5c2CCCC5)CC(C)=C4)CCCC3)C1. The van der Waals surface area contributed by atoms with Gasteiger partial charge in [-0.25, -0.2) is 0 Å². The third kappa shape index (κ3) is 3.03. The summed E-state index contributed by atoms with van der Waals surface area (Å²) >= 11 is 0. The molecular weight excluding hydrogens is 360 g/mol. The van der Waals surface area contributed by atoms with Crippen LogP contribution in [0, 0.1) is 0 Å². The lowest BCUT2D eigenvalue weighted by Crippen LogP contribution is -2.13. The van der Waals surface area contributed by atoms with Gasteiger partial charge in [-0.15, -0.1) is 0 Å². The van der Waals surface area contributed by atoms with Gasteiger partial charge in [0.25, 0.3) is 0 Å². The number of hydrogen-bond donors (Lipinski definition) is 0. The van der Waals surface area contributed by atoms with E-state index in [2.05, 4.69) is 38.1 Å². The molecule has 0 unspecified atom stereocenters. The van der Waals surface area contributed by atoms with Gasteiger partial charge in [0.15, 0.2) is 0 Å². The molecule has 30 heavy (non-hydrogen) atoms. The second kappa shape index (κ2) is 7.26. The number of hydrogen-bond acceptors (Lipinski definition) is 0. The molecule has 0 saturated carbocycles. The molecule has 0 N–H and O–H groups in total. The Labute approximate surface area is 182 Å². The maximum absolute atomic E-state index is 2.56. The van der Waals surface area contributed by atoms with Crippen LogP contribution in [0.15, 0.2) is 23.3 Å². The van der Waals surface area contributed by atoms with Crippen molar-refractivity contribution >= 4 is 12.2 Å². The first-order valence-corrected chi connectivity index (χ1v) is 12.3. The fraction of sp³-hybridized carbons (Fsp3) is 0.467. The summed E-state index contributed by atoms with van der Waals surface area (Å²) in [5.41, 5.74) is 19.7.